The Morgan fingerprint density at radius 3 is 2.63 bits per heavy atom. The number of anilines is 1. The second-order valence-electron chi connectivity index (χ2n) is 7.72. The Balaban J connectivity index is 1.46. The molecule has 0 saturated carbocycles. The molecule has 0 atom stereocenters. The van der Waals surface area contributed by atoms with Crippen molar-refractivity contribution in [3.8, 4) is 5.75 Å². The number of hydrogen-bond donors (Lipinski definition) is 1. The van der Waals surface area contributed by atoms with Crippen molar-refractivity contribution in [2.75, 3.05) is 31.6 Å². The van der Waals surface area contributed by atoms with Crippen LogP contribution in [0.4, 0.5) is 5.82 Å². The summed E-state index contributed by atoms with van der Waals surface area (Å²) in [7, 11) is 1.66. The average molecular weight is 402 g/mol. The van der Waals surface area contributed by atoms with Gasteiger partial charge in [0.25, 0.3) is 0 Å². The van der Waals surface area contributed by atoms with Crippen LogP contribution in [-0.4, -0.2) is 42.6 Å². The molecule has 4 rings (SSSR count). The normalized spacial score (nSPS) is 14.6. The molecule has 154 valence electrons. The van der Waals surface area contributed by atoms with E-state index < -0.39 is 5.41 Å². The van der Waals surface area contributed by atoms with Gasteiger partial charge < -0.3 is 15.0 Å². The molecular weight excluding hydrogens is 376 g/mol. The first-order valence-corrected chi connectivity index (χ1v) is 10.1. The highest BCUT2D eigenvalue weighted by atomic mass is 16.5. The van der Waals surface area contributed by atoms with E-state index in [-0.39, 0.29) is 5.91 Å². The summed E-state index contributed by atoms with van der Waals surface area (Å²) in [6, 6.07) is 18.1. The van der Waals surface area contributed by atoms with Crippen molar-refractivity contribution in [1.29, 1.82) is 0 Å². The van der Waals surface area contributed by atoms with Gasteiger partial charge in [-0.3, -0.25) is 9.78 Å². The number of benzene rings is 2. The van der Waals surface area contributed by atoms with Gasteiger partial charge in [0.15, 0.2) is 0 Å². The number of methoxy groups -OCH3 is 1. The van der Waals surface area contributed by atoms with Crippen molar-refractivity contribution < 1.29 is 9.53 Å². The first-order chi connectivity index (χ1) is 14.7. The lowest BCUT2D eigenvalue weighted by atomic mass is 9.73. The molecule has 1 aromatic heterocycles. The number of amides is 1. The highest BCUT2D eigenvalue weighted by Crippen LogP contribution is 2.37. The van der Waals surface area contributed by atoms with Gasteiger partial charge in [0.2, 0.25) is 5.91 Å². The number of nitrogens with one attached hydrogen (secondary N) is 1. The van der Waals surface area contributed by atoms with Gasteiger partial charge in [-0.25, -0.2) is 4.98 Å². The molecule has 1 saturated heterocycles. The summed E-state index contributed by atoms with van der Waals surface area (Å²) in [5.41, 5.74) is 1.81. The van der Waals surface area contributed by atoms with Gasteiger partial charge in [0.05, 0.1) is 18.7 Å². The van der Waals surface area contributed by atoms with Gasteiger partial charge in [-0.05, 0) is 36.1 Å². The Bertz CT molecular complexity index is 973. The molecule has 2 heterocycles. The van der Waals surface area contributed by atoms with Crippen molar-refractivity contribution in [1.82, 2.24) is 15.3 Å². The second kappa shape index (κ2) is 8.95. The van der Waals surface area contributed by atoms with Crippen LogP contribution in [0.2, 0.25) is 0 Å². The third-order valence-corrected chi connectivity index (χ3v) is 5.56. The van der Waals surface area contributed by atoms with Crippen LogP contribution in [0.5, 0.6) is 5.75 Å². The highest BCUT2D eigenvalue weighted by Gasteiger charge is 2.49. The molecule has 2 aromatic carbocycles. The molecule has 0 unspecified atom stereocenters. The van der Waals surface area contributed by atoms with Crippen LogP contribution < -0.4 is 15.0 Å². The quantitative estimate of drug-likeness (QED) is 0.628. The minimum absolute atomic E-state index is 0.0846. The standard InChI is InChI=1S/C24H26N4O2/c1-30-21-9-5-8-20(14-21)15-24(17-28(18-24)22-16-25-12-13-26-22)23(29)27-11-10-19-6-3-2-4-7-19/h2-9,12-14,16H,10-11,15,17-18H2,1H3,(H,27,29). The highest BCUT2D eigenvalue weighted by molar-refractivity contribution is 5.86. The zero-order chi connectivity index (χ0) is 20.8. The average Bonchev–Trinajstić information content (AvgIpc) is 2.77. The van der Waals surface area contributed by atoms with Gasteiger partial charge >= 0.3 is 0 Å². The maximum atomic E-state index is 13.3. The number of rotatable bonds is 8. The van der Waals surface area contributed by atoms with E-state index >= 15 is 0 Å². The molecule has 1 fully saturated rings. The van der Waals surface area contributed by atoms with Crippen LogP contribution in [-0.2, 0) is 17.6 Å². The lowest BCUT2D eigenvalue weighted by Gasteiger charge is -2.49. The number of carbonyl (C=O) groups excluding carboxylic acids is 1. The minimum Gasteiger partial charge on any atom is -0.497 e. The molecule has 1 aliphatic rings. The van der Waals surface area contributed by atoms with E-state index in [0.29, 0.717) is 26.1 Å². The maximum Gasteiger partial charge on any atom is 0.230 e. The Morgan fingerprint density at radius 1 is 1.10 bits per heavy atom. The lowest BCUT2D eigenvalue weighted by Crippen LogP contribution is -2.64. The van der Waals surface area contributed by atoms with E-state index in [0.717, 1.165) is 23.6 Å². The summed E-state index contributed by atoms with van der Waals surface area (Å²) in [6.07, 6.45) is 6.54. The van der Waals surface area contributed by atoms with E-state index in [9.17, 15) is 4.79 Å². The molecule has 1 aliphatic heterocycles. The van der Waals surface area contributed by atoms with E-state index in [1.165, 1.54) is 5.56 Å². The molecule has 0 radical (unpaired) electrons. The fraction of sp³-hybridized carbons (Fsp3) is 0.292. The number of carbonyl (C=O) groups is 1. The Hall–Kier alpha value is -3.41. The van der Waals surface area contributed by atoms with Crippen molar-refractivity contribution in [2.45, 2.75) is 12.8 Å². The van der Waals surface area contributed by atoms with Gasteiger partial charge in [0.1, 0.15) is 11.6 Å². The zero-order valence-corrected chi connectivity index (χ0v) is 17.1. The largest absolute Gasteiger partial charge is 0.497 e. The number of aromatic nitrogens is 2. The predicted octanol–water partition coefficient (Wildman–Crippen LogP) is 2.89. The van der Waals surface area contributed by atoms with Crippen LogP contribution in [0.25, 0.3) is 0 Å². The van der Waals surface area contributed by atoms with Crippen LogP contribution in [0.1, 0.15) is 11.1 Å². The summed E-state index contributed by atoms with van der Waals surface area (Å²) < 4.78 is 5.36. The molecule has 1 amide bonds. The first kappa shape index (κ1) is 19.9. The summed E-state index contributed by atoms with van der Waals surface area (Å²) in [4.78, 5) is 23.9. The number of nitrogens with zero attached hydrogens (tertiary/aromatic N) is 3. The molecule has 1 N–H and O–H groups in total. The van der Waals surface area contributed by atoms with Crippen LogP contribution in [0.3, 0.4) is 0 Å². The minimum atomic E-state index is -0.499. The molecule has 3 aromatic rings. The monoisotopic (exact) mass is 402 g/mol. The van der Waals surface area contributed by atoms with Crippen molar-refractivity contribution >= 4 is 11.7 Å². The van der Waals surface area contributed by atoms with E-state index in [1.54, 1.807) is 25.7 Å². The smallest absolute Gasteiger partial charge is 0.230 e. The summed E-state index contributed by atoms with van der Waals surface area (Å²) in [6.45, 7) is 1.84. The molecule has 6 heteroatoms. The van der Waals surface area contributed by atoms with E-state index in [4.69, 9.17) is 4.74 Å². The third-order valence-electron chi connectivity index (χ3n) is 5.56. The summed E-state index contributed by atoms with van der Waals surface area (Å²) in [5, 5.41) is 3.16. The number of hydrogen-bond acceptors (Lipinski definition) is 5. The molecule has 0 aliphatic carbocycles. The first-order valence-electron chi connectivity index (χ1n) is 10.1. The van der Waals surface area contributed by atoms with Crippen LogP contribution in [0.15, 0.2) is 73.2 Å². The third kappa shape index (κ3) is 4.43. The van der Waals surface area contributed by atoms with Crippen LogP contribution in [0, 0.1) is 5.41 Å². The molecule has 6 nitrogen and oxygen atoms in total. The van der Waals surface area contributed by atoms with Gasteiger partial charge in [0, 0.05) is 32.0 Å². The van der Waals surface area contributed by atoms with Gasteiger partial charge in [-0.2, -0.15) is 0 Å². The topological polar surface area (TPSA) is 67.3 Å². The van der Waals surface area contributed by atoms with E-state index in [1.807, 2.05) is 42.5 Å². The van der Waals surface area contributed by atoms with Gasteiger partial charge in [-0.1, -0.05) is 42.5 Å². The van der Waals surface area contributed by atoms with Crippen molar-refractivity contribution in [3.63, 3.8) is 0 Å². The fourth-order valence-electron chi connectivity index (χ4n) is 3.96. The molecule has 0 bridgehead atoms. The lowest BCUT2D eigenvalue weighted by molar-refractivity contribution is -0.132. The van der Waals surface area contributed by atoms with Crippen LogP contribution >= 0.6 is 0 Å². The molecule has 0 spiro atoms. The summed E-state index contributed by atoms with van der Waals surface area (Å²) >= 11 is 0. The predicted molar refractivity (Wildman–Crippen MR) is 117 cm³/mol. The van der Waals surface area contributed by atoms with Gasteiger partial charge in [-0.15, -0.1) is 0 Å². The van der Waals surface area contributed by atoms with Crippen molar-refractivity contribution in [3.05, 3.63) is 84.3 Å². The molecular formula is C24H26N4O2. The van der Waals surface area contributed by atoms with Crippen molar-refractivity contribution in [2.24, 2.45) is 5.41 Å². The Morgan fingerprint density at radius 2 is 1.90 bits per heavy atom. The maximum absolute atomic E-state index is 13.3. The zero-order valence-electron chi connectivity index (χ0n) is 17.1. The number of ether oxygens (including phenoxy) is 1. The molecule has 30 heavy (non-hydrogen) atoms. The SMILES string of the molecule is COc1cccc(CC2(C(=O)NCCc3ccccc3)CN(c3cnccn3)C2)c1. The summed E-state index contributed by atoms with van der Waals surface area (Å²) in [5.74, 6) is 1.69. The Kier molecular flexibility index (Phi) is 5.93. The second-order valence-corrected chi connectivity index (χ2v) is 7.72. The fourth-order valence-corrected chi connectivity index (χ4v) is 3.96. The van der Waals surface area contributed by atoms with E-state index in [2.05, 4.69) is 32.3 Å². The Labute approximate surface area is 176 Å².